The summed E-state index contributed by atoms with van der Waals surface area (Å²) in [7, 11) is 0. The van der Waals surface area contributed by atoms with Crippen molar-refractivity contribution in [1.29, 1.82) is 0 Å². The van der Waals surface area contributed by atoms with Crippen molar-refractivity contribution < 1.29 is 15.0 Å². The molecule has 0 heterocycles. The van der Waals surface area contributed by atoms with E-state index in [4.69, 9.17) is 10.2 Å². The van der Waals surface area contributed by atoms with Crippen LogP contribution in [-0.4, -0.2) is 40.8 Å². The van der Waals surface area contributed by atoms with Crippen LogP contribution in [0.2, 0.25) is 0 Å². The van der Waals surface area contributed by atoms with E-state index in [1.54, 1.807) is 0 Å². The standard InChI is InChI=1S/C16H23NO3/c18-12-4-11-17(10-3-7-16(19)20)15-9-8-13-5-1-2-6-14(13)15/h1-2,5-6,15,18H,3-4,7-12H2,(H,19,20). The second kappa shape index (κ2) is 7.41. The van der Waals surface area contributed by atoms with Crippen LogP contribution in [0.3, 0.4) is 0 Å². The molecule has 4 heteroatoms. The van der Waals surface area contributed by atoms with E-state index in [1.165, 1.54) is 11.1 Å². The SMILES string of the molecule is O=C(O)CCCN(CCCO)C1CCc2ccccc21. The highest BCUT2D eigenvalue weighted by atomic mass is 16.4. The normalized spacial score (nSPS) is 17.4. The van der Waals surface area contributed by atoms with Gasteiger partial charge in [-0.05, 0) is 43.4 Å². The highest BCUT2D eigenvalue weighted by Crippen LogP contribution is 2.35. The van der Waals surface area contributed by atoms with Gasteiger partial charge in [-0.3, -0.25) is 9.69 Å². The zero-order valence-electron chi connectivity index (χ0n) is 11.8. The van der Waals surface area contributed by atoms with E-state index in [-0.39, 0.29) is 13.0 Å². The van der Waals surface area contributed by atoms with Gasteiger partial charge in [0.2, 0.25) is 0 Å². The molecule has 0 bridgehead atoms. The number of hydrogen-bond acceptors (Lipinski definition) is 3. The number of aryl methyl sites for hydroxylation is 1. The van der Waals surface area contributed by atoms with Crippen molar-refractivity contribution in [2.75, 3.05) is 19.7 Å². The predicted octanol–water partition coefficient (Wildman–Crippen LogP) is 2.22. The van der Waals surface area contributed by atoms with Gasteiger partial charge in [-0.2, -0.15) is 0 Å². The summed E-state index contributed by atoms with van der Waals surface area (Å²) in [6.45, 7) is 1.80. The Morgan fingerprint density at radius 1 is 1.25 bits per heavy atom. The lowest BCUT2D eigenvalue weighted by Crippen LogP contribution is -2.30. The summed E-state index contributed by atoms with van der Waals surface area (Å²) >= 11 is 0. The molecule has 1 unspecified atom stereocenters. The van der Waals surface area contributed by atoms with Crippen LogP contribution in [-0.2, 0) is 11.2 Å². The first-order chi connectivity index (χ1) is 9.72. The number of carbonyl (C=O) groups is 1. The number of aliphatic hydroxyl groups is 1. The van der Waals surface area contributed by atoms with Crippen LogP contribution in [0, 0.1) is 0 Å². The largest absolute Gasteiger partial charge is 0.481 e. The summed E-state index contributed by atoms with van der Waals surface area (Å²) in [5.41, 5.74) is 2.78. The van der Waals surface area contributed by atoms with Gasteiger partial charge in [-0.15, -0.1) is 0 Å². The summed E-state index contributed by atoms with van der Waals surface area (Å²) in [4.78, 5) is 13.0. The Hall–Kier alpha value is -1.39. The first kappa shape index (κ1) is 15.0. The zero-order chi connectivity index (χ0) is 14.4. The molecule has 2 rings (SSSR count). The first-order valence-electron chi connectivity index (χ1n) is 7.37. The molecule has 1 atom stereocenters. The van der Waals surface area contributed by atoms with Crippen molar-refractivity contribution in [2.24, 2.45) is 0 Å². The number of rotatable bonds is 8. The molecule has 0 saturated heterocycles. The van der Waals surface area contributed by atoms with Gasteiger partial charge < -0.3 is 10.2 Å². The Balaban J connectivity index is 2.01. The Bertz CT molecular complexity index is 447. The number of hydrogen-bond donors (Lipinski definition) is 2. The molecule has 0 amide bonds. The Morgan fingerprint density at radius 2 is 2.00 bits per heavy atom. The van der Waals surface area contributed by atoms with Crippen LogP contribution in [0.15, 0.2) is 24.3 Å². The summed E-state index contributed by atoms with van der Waals surface area (Å²) in [5.74, 6) is -0.737. The number of carboxylic acids is 1. The van der Waals surface area contributed by atoms with Gasteiger partial charge in [0, 0.05) is 25.6 Å². The lowest BCUT2D eigenvalue weighted by molar-refractivity contribution is -0.137. The zero-order valence-corrected chi connectivity index (χ0v) is 11.8. The third-order valence-corrected chi connectivity index (χ3v) is 3.98. The maximum atomic E-state index is 10.7. The van der Waals surface area contributed by atoms with Crippen molar-refractivity contribution in [3.63, 3.8) is 0 Å². The average Bonchev–Trinajstić information content (AvgIpc) is 2.86. The summed E-state index contributed by atoms with van der Waals surface area (Å²) < 4.78 is 0. The number of nitrogens with zero attached hydrogens (tertiary/aromatic N) is 1. The van der Waals surface area contributed by atoms with E-state index in [1.807, 2.05) is 0 Å². The van der Waals surface area contributed by atoms with Gasteiger partial charge in [0.25, 0.3) is 0 Å². The maximum absolute atomic E-state index is 10.7. The molecule has 0 fully saturated rings. The third-order valence-electron chi connectivity index (χ3n) is 3.98. The molecule has 110 valence electrons. The Kier molecular flexibility index (Phi) is 5.56. The van der Waals surface area contributed by atoms with Gasteiger partial charge in [0.1, 0.15) is 0 Å². The molecule has 0 aliphatic heterocycles. The second-order valence-corrected chi connectivity index (χ2v) is 5.36. The minimum Gasteiger partial charge on any atom is -0.481 e. The molecule has 1 aliphatic carbocycles. The van der Waals surface area contributed by atoms with Gasteiger partial charge in [0.05, 0.1) is 0 Å². The molecular formula is C16H23NO3. The predicted molar refractivity (Wildman–Crippen MR) is 77.6 cm³/mol. The van der Waals surface area contributed by atoms with E-state index in [0.29, 0.717) is 12.5 Å². The first-order valence-corrected chi connectivity index (χ1v) is 7.37. The number of carboxylic acid groups (broad SMARTS) is 1. The number of aliphatic carboxylic acids is 1. The van der Waals surface area contributed by atoms with Crippen molar-refractivity contribution in [2.45, 2.75) is 38.1 Å². The smallest absolute Gasteiger partial charge is 0.303 e. The second-order valence-electron chi connectivity index (χ2n) is 5.36. The summed E-state index contributed by atoms with van der Waals surface area (Å²) in [5, 5.41) is 17.8. The fourth-order valence-electron chi connectivity index (χ4n) is 3.04. The maximum Gasteiger partial charge on any atom is 0.303 e. The van der Waals surface area contributed by atoms with Crippen LogP contribution in [0.25, 0.3) is 0 Å². The van der Waals surface area contributed by atoms with E-state index < -0.39 is 5.97 Å². The highest BCUT2D eigenvalue weighted by Gasteiger charge is 2.27. The summed E-state index contributed by atoms with van der Waals surface area (Å²) in [6, 6.07) is 8.88. The van der Waals surface area contributed by atoms with E-state index in [2.05, 4.69) is 29.2 Å². The van der Waals surface area contributed by atoms with Gasteiger partial charge in [0.15, 0.2) is 0 Å². The van der Waals surface area contributed by atoms with Gasteiger partial charge >= 0.3 is 5.97 Å². The molecule has 0 saturated carbocycles. The minimum absolute atomic E-state index is 0.184. The number of fused-ring (bicyclic) bond motifs is 1. The van der Waals surface area contributed by atoms with Crippen LogP contribution >= 0.6 is 0 Å². The van der Waals surface area contributed by atoms with E-state index in [0.717, 1.165) is 32.4 Å². The fraction of sp³-hybridized carbons (Fsp3) is 0.562. The molecule has 0 spiro atoms. The minimum atomic E-state index is -0.737. The Morgan fingerprint density at radius 3 is 2.75 bits per heavy atom. The molecule has 1 aromatic carbocycles. The summed E-state index contributed by atoms with van der Waals surface area (Å²) in [6.07, 6.45) is 3.81. The van der Waals surface area contributed by atoms with Crippen LogP contribution in [0.4, 0.5) is 0 Å². The molecule has 0 radical (unpaired) electrons. The average molecular weight is 277 g/mol. The quantitative estimate of drug-likeness (QED) is 0.765. The van der Waals surface area contributed by atoms with Crippen molar-refractivity contribution >= 4 is 5.97 Å². The fourth-order valence-corrected chi connectivity index (χ4v) is 3.04. The van der Waals surface area contributed by atoms with Gasteiger partial charge in [-0.25, -0.2) is 0 Å². The molecule has 1 aliphatic rings. The van der Waals surface area contributed by atoms with Crippen LogP contribution < -0.4 is 0 Å². The molecule has 4 nitrogen and oxygen atoms in total. The van der Waals surface area contributed by atoms with Crippen molar-refractivity contribution in [1.82, 2.24) is 4.90 Å². The lowest BCUT2D eigenvalue weighted by atomic mass is 10.1. The van der Waals surface area contributed by atoms with Crippen LogP contribution in [0.1, 0.15) is 42.9 Å². The molecule has 0 aromatic heterocycles. The van der Waals surface area contributed by atoms with Gasteiger partial charge in [-0.1, -0.05) is 24.3 Å². The van der Waals surface area contributed by atoms with Crippen molar-refractivity contribution in [3.05, 3.63) is 35.4 Å². The Labute approximate surface area is 120 Å². The monoisotopic (exact) mass is 277 g/mol. The molecular weight excluding hydrogens is 254 g/mol. The topological polar surface area (TPSA) is 60.8 Å². The molecule has 20 heavy (non-hydrogen) atoms. The molecule has 1 aromatic rings. The number of aliphatic hydroxyl groups excluding tert-OH is 1. The third kappa shape index (κ3) is 3.81. The van der Waals surface area contributed by atoms with Crippen LogP contribution in [0.5, 0.6) is 0 Å². The lowest BCUT2D eigenvalue weighted by Gasteiger charge is -2.29. The van der Waals surface area contributed by atoms with Crippen molar-refractivity contribution in [3.8, 4) is 0 Å². The van der Waals surface area contributed by atoms with E-state index >= 15 is 0 Å². The van der Waals surface area contributed by atoms with E-state index in [9.17, 15) is 4.79 Å². The highest BCUT2D eigenvalue weighted by molar-refractivity contribution is 5.66. The molecule has 2 N–H and O–H groups in total. The number of benzene rings is 1.